The Morgan fingerprint density at radius 1 is 1.26 bits per heavy atom. The molecule has 1 atom stereocenters. The van der Waals surface area contributed by atoms with E-state index >= 15 is 0 Å². The number of methoxy groups -OCH3 is 1. The lowest BCUT2D eigenvalue weighted by molar-refractivity contribution is 0.105. The second-order valence-electron chi connectivity index (χ2n) is 3.82. The summed E-state index contributed by atoms with van der Waals surface area (Å²) in [5.41, 5.74) is 0.575. The summed E-state index contributed by atoms with van der Waals surface area (Å²) in [5.74, 6) is 0.476. The third-order valence-electron chi connectivity index (χ3n) is 2.31. The van der Waals surface area contributed by atoms with E-state index in [9.17, 15) is 5.11 Å². The van der Waals surface area contributed by atoms with E-state index in [2.05, 4.69) is 5.32 Å². The minimum Gasteiger partial charge on any atom is -0.490 e. The molecule has 0 amide bonds. The molecule has 1 rings (SSSR count). The van der Waals surface area contributed by atoms with Crippen LogP contribution in [0.3, 0.4) is 0 Å². The normalized spacial score (nSPS) is 12.3. The van der Waals surface area contributed by atoms with Crippen molar-refractivity contribution < 1.29 is 19.7 Å². The molecule has 0 spiro atoms. The van der Waals surface area contributed by atoms with Gasteiger partial charge in [-0.3, -0.25) is 0 Å². The van der Waals surface area contributed by atoms with Crippen LogP contribution in [0, 0.1) is 0 Å². The number of benzene rings is 1. The van der Waals surface area contributed by atoms with E-state index in [0.29, 0.717) is 34.7 Å². The largest absolute Gasteiger partial charge is 0.490 e. The first kappa shape index (κ1) is 16.3. The molecule has 5 nitrogen and oxygen atoms in total. The molecular weight excluding hydrogens is 293 g/mol. The molecule has 1 aromatic carbocycles. The van der Waals surface area contributed by atoms with Crippen LogP contribution in [0.2, 0.25) is 10.0 Å². The molecule has 1 aromatic rings. The van der Waals surface area contributed by atoms with Crippen molar-refractivity contribution in [2.24, 2.45) is 0 Å². The third kappa shape index (κ3) is 5.42. The smallest absolute Gasteiger partial charge is 0.140 e. The van der Waals surface area contributed by atoms with Gasteiger partial charge >= 0.3 is 0 Å². The fourth-order valence-electron chi connectivity index (χ4n) is 1.30. The van der Waals surface area contributed by atoms with Crippen molar-refractivity contribution in [2.45, 2.75) is 6.10 Å². The summed E-state index contributed by atoms with van der Waals surface area (Å²) in [6.07, 6.45) is -0.857. The number of hydrogen-bond donors (Lipinski definition) is 3. The van der Waals surface area contributed by atoms with Crippen molar-refractivity contribution in [1.82, 2.24) is 0 Å². The zero-order valence-corrected chi connectivity index (χ0v) is 12.0. The molecule has 0 bridgehead atoms. The Morgan fingerprint density at radius 2 is 2.00 bits per heavy atom. The summed E-state index contributed by atoms with van der Waals surface area (Å²) in [5, 5.41) is 21.7. The van der Waals surface area contributed by atoms with E-state index in [1.165, 1.54) is 0 Å². The van der Waals surface area contributed by atoms with Gasteiger partial charge in [0.15, 0.2) is 0 Å². The Labute approximate surface area is 122 Å². The molecule has 7 heteroatoms. The number of nitrogens with one attached hydrogen (secondary N) is 1. The highest BCUT2D eigenvalue weighted by molar-refractivity contribution is 6.37. The van der Waals surface area contributed by atoms with Crippen molar-refractivity contribution in [3.8, 4) is 5.75 Å². The van der Waals surface area contributed by atoms with E-state index in [4.69, 9.17) is 37.8 Å². The maximum Gasteiger partial charge on any atom is 0.140 e. The first-order valence-corrected chi connectivity index (χ1v) is 6.47. The zero-order valence-electron chi connectivity index (χ0n) is 10.5. The quantitative estimate of drug-likeness (QED) is 0.639. The Morgan fingerprint density at radius 3 is 2.63 bits per heavy atom. The number of aliphatic hydroxyl groups is 2. The summed E-state index contributed by atoms with van der Waals surface area (Å²) < 4.78 is 10.3. The van der Waals surface area contributed by atoms with Gasteiger partial charge in [0.05, 0.1) is 35.1 Å². The second-order valence-corrected chi connectivity index (χ2v) is 4.64. The molecule has 0 heterocycles. The Bertz CT molecular complexity index is 404. The highest BCUT2D eigenvalue weighted by Crippen LogP contribution is 2.34. The lowest BCUT2D eigenvalue weighted by Crippen LogP contribution is -2.23. The maximum atomic E-state index is 9.28. The number of halogens is 2. The molecule has 0 saturated heterocycles. The van der Waals surface area contributed by atoms with Gasteiger partial charge < -0.3 is 25.0 Å². The molecule has 0 aromatic heterocycles. The van der Waals surface area contributed by atoms with Gasteiger partial charge in [0.1, 0.15) is 12.4 Å². The molecule has 1 unspecified atom stereocenters. The van der Waals surface area contributed by atoms with Crippen LogP contribution in [0.1, 0.15) is 0 Å². The first-order chi connectivity index (χ1) is 9.08. The Kier molecular flexibility index (Phi) is 7.27. The van der Waals surface area contributed by atoms with Crippen LogP contribution in [0.5, 0.6) is 5.75 Å². The lowest BCUT2D eigenvalue weighted by atomic mass is 10.2. The molecule has 0 fully saturated rings. The van der Waals surface area contributed by atoms with Crippen LogP contribution in [0.25, 0.3) is 0 Å². The highest BCUT2D eigenvalue weighted by Gasteiger charge is 2.10. The molecule has 0 radical (unpaired) electrons. The van der Waals surface area contributed by atoms with Crippen LogP contribution in [0.15, 0.2) is 12.1 Å². The van der Waals surface area contributed by atoms with Crippen molar-refractivity contribution in [2.75, 3.05) is 38.8 Å². The SMILES string of the molecule is COCCOc1cc(NCC(O)CO)c(Cl)cc1Cl. The van der Waals surface area contributed by atoms with Crippen LogP contribution in [-0.4, -0.2) is 49.8 Å². The van der Waals surface area contributed by atoms with Gasteiger partial charge in [0.2, 0.25) is 0 Å². The summed E-state index contributed by atoms with van der Waals surface area (Å²) in [7, 11) is 1.58. The van der Waals surface area contributed by atoms with Gasteiger partial charge in [0.25, 0.3) is 0 Å². The van der Waals surface area contributed by atoms with Crippen molar-refractivity contribution in [1.29, 1.82) is 0 Å². The van der Waals surface area contributed by atoms with Gasteiger partial charge in [0, 0.05) is 19.7 Å². The minimum atomic E-state index is -0.857. The van der Waals surface area contributed by atoms with Gasteiger partial charge in [-0.2, -0.15) is 0 Å². The van der Waals surface area contributed by atoms with E-state index in [1.807, 2.05) is 0 Å². The fourth-order valence-corrected chi connectivity index (χ4v) is 1.81. The van der Waals surface area contributed by atoms with Crippen molar-refractivity contribution in [3.63, 3.8) is 0 Å². The van der Waals surface area contributed by atoms with E-state index in [-0.39, 0.29) is 13.2 Å². The van der Waals surface area contributed by atoms with Crippen LogP contribution in [-0.2, 0) is 4.74 Å². The maximum absolute atomic E-state index is 9.28. The first-order valence-electron chi connectivity index (χ1n) is 5.72. The van der Waals surface area contributed by atoms with Crippen molar-refractivity contribution in [3.05, 3.63) is 22.2 Å². The predicted octanol–water partition coefficient (Wildman–Crippen LogP) is 1.78. The minimum absolute atomic E-state index is 0.176. The fraction of sp³-hybridized carbons (Fsp3) is 0.500. The molecule has 19 heavy (non-hydrogen) atoms. The Balaban J connectivity index is 2.72. The van der Waals surface area contributed by atoms with Crippen molar-refractivity contribution >= 4 is 28.9 Å². The zero-order chi connectivity index (χ0) is 14.3. The summed E-state index contributed by atoms with van der Waals surface area (Å²) in [6.45, 7) is 0.673. The summed E-state index contributed by atoms with van der Waals surface area (Å²) in [6, 6.07) is 3.20. The lowest BCUT2D eigenvalue weighted by Gasteiger charge is -2.14. The van der Waals surface area contributed by atoms with E-state index in [0.717, 1.165) is 0 Å². The number of anilines is 1. The summed E-state index contributed by atoms with van der Waals surface area (Å²) in [4.78, 5) is 0. The molecule has 0 saturated carbocycles. The molecule has 0 aliphatic rings. The average Bonchev–Trinajstić information content (AvgIpc) is 2.39. The Hall–Kier alpha value is -0.720. The standard InChI is InChI=1S/C12H17Cl2NO4/c1-18-2-3-19-12-5-11(9(13)4-10(12)14)15-6-8(17)7-16/h4-5,8,15-17H,2-3,6-7H2,1H3. The number of ether oxygens (including phenoxy) is 2. The second kappa shape index (κ2) is 8.45. The predicted molar refractivity (Wildman–Crippen MR) is 75.4 cm³/mol. The highest BCUT2D eigenvalue weighted by atomic mass is 35.5. The topological polar surface area (TPSA) is 71.0 Å². The van der Waals surface area contributed by atoms with Crippen LogP contribution < -0.4 is 10.1 Å². The monoisotopic (exact) mass is 309 g/mol. The molecule has 0 aliphatic heterocycles. The van der Waals surface area contributed by atoms with Gasteiger partial charge in [-0.15, -0.1) is 0 Å². The number of hydrogen-bond acceptors (Lipinski definition) is 5. The van der Waals surface area contributed by atoms with Gasteiger partial charge in [-0.05, 0) is 6.07 Å². The van der Waals surface area contributed by atoms with Crippen LogP contribution >= 0.6 is 23.2 Å². The van der Waals surface area contributed by atoms with Gasteiger partial charge in [-0.25, -0.2) is 0 Å². The molecule has 3 N–H and O–H groups in total. The van der Waals surface area contributed by atoms with E-state index < -0.39 is 6.10 Å². The third-order valence-corrected chi connectivity index (χ3v) is 2.91. The van der Waals surface area contributed by atoms with Crippen LogP contribution in [0.4, 0.5) is 5.69 Å². The van der Waals surface area contributed by atoms with E-state index in [1.54, 1.807) is 19.2 Å². The molecule has 108 valence electrons. The average molecular weight is 310 g/mol. The molecule has 0 aliphatic carbocycles. The number of rotatable bonds is 8. The summed E-state index contributed by atoms with van der Waals surface area (Å²) >= 11 is 12.0. The number of aliphatic hydroxyl groups excluding tert-OH is 2. The van der Waals surface area contributed by atoms with Gasteiger partial charge in [-0.1, -0.05) is 23.2 Å². The molecular formula is C12H17Cl2NO4.